The van der Waals surface area contributed by atoms with E-state index in [1.54, 1.807) is 6.82 Å². The molecule has 0 radical (unpaired) electrons. The largest absolute Gasteiger partial charge is 0.437 e. The van der Waals surface area contributed by atoms with Crippen molar-refractivity contribution in [3.8, 4) is 0 Å². The van der Waals surface area contributed by atoms with Crippen LogP contribution in [0.1, 0.15) is 19.3 Å². The van der Waals surface area contributed by atoms with Crippen molar-refractivity contribution in [1.82, 2.24) is 4.81 Å². The van der Waals surface area contributed by atoms with E-state index < -0.39 is 0 Å². The van der Waals surface area contributed by atoms with Crippen molar-refractivity contribution in [2.24, 2.45) is 5.92 Å². The first kappa shape index (κ1) is 12.2. The summed E-state index contributed by atoms with van der Waals surface area (Å²) in [6.07, 6.45) is 2.76. The van der Waals surface area contributed by atoms with Crippen LogP contribution in [0.15, 0.2) is 0 Å². The first-order valence-corrected chi connectivity index (χ1v) is 6.25. The van der Waals surface area contributed by atoms with Gasteiger partial charge in [0.25, 0.3) is 0 Å². The third-order valence-corrected chi connectivity index (χ3v) is 3.47. The molecule has 0 aromatic carbocycles. The van der Waals surface area contributed by atoms with Crippen LogP contribution in [0.5, 0.6) is 0 Å². The van der Waals surface area contributed by atoms with Gasteiger partial charge < -0.3 is 9.83 Å². The molecule has 1 fully saturated rings. The van der Waals surface area contributed by atoms with Gasteiger partial charge in [-0.1, -0.05) is 15.9 Å². The molecule has 1 heterocycles. The van der Waals surface area contributed by atoms with Crippen LogP contribution in [-0.2, 0) is 4.79 Å². The molecule has 1 aliphatic rings. The summed E-state index contributed by atoms with van der Waals surface area (Å²) in [6.45, 7) is 3.62. The van der Waals surface area contributed by atoms with Crippen molar-refractivity contribution >= 4 is 28.8 Å². The molecule has 0 aliphatic carbocycles. The molecule has 1 N–H and O–H groups in total. The fraction of sp³-hybridized carbons (Fsp3) is 0.889. The molecule has 1 rings (SSSR count). The summed E-state index contributed by atoms with van der Waals surface area (Å²) >= 11 is 3.18. The molecule has 0 saturated carbocycles. The smallest absolute Gasteiger partial charge is 0.376 e. The van der Waals surface area contributed by atoms with Crippen molar-refractivity contribution in [1.29, 1.82) is 0 Å². The van der Waals surface area contributed by atoms with Gasteiger partial charge in [0.1, 0.15) is 5.78 Å². The number of carbonyl (C=O) groups excluding carboxylic acids is 1. The number of Topliss-reactive ketones (excluding diaryl/α,β-unsaturated/α-hetero) is 1. The van der Waals surface area contributed by atoms with E-state index in [1.807, 2.05) is 0 Å². The van der Waals surface area contributed by atoms with Gasteiger partial charge in [0, 0.05) is 6.42 Å². The summed E-state index contributed by atoms with van der Waals surface area (Å²) in [4.78, 5) is 13.2. The van der Waals surface area contributed by atoms with E-state index in [1.165, 1.54) is 0 Å². The zero-order valence-corrected chi connectivity index (χ0v) is 10.2. The molecule has 0 amide bonds. The lowest BCUT2D eigenvalue weighted by Gasteiger charge is -2.32. The molecule has 0 atom stereocenters. The molecule has 0 spiro atoms. The van der Waals surface area contributed by atoms with Crippen LogP contribution in [-0.4, -0.2) is 41.1 Å². The quantitative estimate of drug-likeness (QED) is 0.610. The average molecular weight is 262 g/mol. The van der Waals surface area contributed by atoms with Crippen molar-refractivity contribution in [2.75, 3.05) is 18.4 Å². The van der Waals surface area contributed by atoms with Gasteiger partial charge in [0.05, 0.1) is 5.33 Å². The third kappa shape index (κ3) is 3.71. The number of hydrogen-bond donors (Lipinski definition) is 1. The van der Waals surface area contributed by atoms with Gasteiger partial charge in [-0.3, -0.25) is 4.79 Å². The van der Waals surface area contributed by atoms with Gasteiger partial charge in [0.2, 0.25) is 0 Å². The molecule has 0 aromatic heterocycles. The third-order valence-electron chi connectivity index (χ3n) is 2.84. The van der Waals surface area contributed by atoms with Crippen LogP contribution >= 0.6 is 15.9 Å². The number of hydrogen-bond acceptors (Lipinski definition) is 3. The molecule has 1 saturated heterocycles. The monoisotopic (exact) mass is 261 g/mol. The predicted molar refractivity (Wildman–Crippen MR) is 61.6 cm³/mol. The Morgan fingerprint density at radius 2 is 2.14 bits per heavy atom. The molecular formula is C9H17BBrNO2. The highest BCUT2D eigenvalue weighted by Gasteiger charge is 2.24. The minimum absolute atomic E-state index is 0.292. The number of nitrogens with zero attached hydrogens (tertiary/aromatic N) is 1. The van der Waals surface area contributed by atoms with Crippen LogP contribution in [0, 0.1) is 5.92 Å². The minimum Gasteiger partial charge on any atom is -0.437 e. The second kappa shape index (κ2) is 5.88. The van der Waals surface area contributed by atoms with Gasteiger partial charge in [-0.05, 0) is 38.7 Å². The molecule has 1 aliphatic heterocycles. The maximum absolute atomic E-state index is 11.2. The van der Waals surface area contributed by atoms with E-state index in [4.69, 9.17) is 0 Å². The standard InChI is InChI=1S/C9H17BBrNO2/c1-10(14)12-4-2-8(3-5-12)6-9(13)7-11/h8,14H,2-7H2,1H3. The van der Waals surface area contributed by atoms with Gasteiger partial charge in [-0.25, -0.2) is 0 Å². The molecule has 3 nitrogen and oxygen atoms in total. The number of ketones is 1. The van der Waals surface area contributed by atoms with Crippen LogP contribution in [0.4, 0.5) is 0 Å². The number of piperidine rings is 1. The van der Waals surface area contributed by atoms with Crippen molar-refractivity contribution in [3.05, 3.63) is 0 Å². The average Bonchev–Trinajstić information content (AvgIpc) is 2.18. The maximum atomic E-state index is 11.2. The Morgan fingerprint density at radius 3 is 2.57 bits per heavy atom. The molecule has 5 heteroatoms. The number of carbonyl (C=O) groups is 1. The zero-order chi connectivity index (χ0) is 10.6. The fourth-order valence-electron chi connectivity index (χ4n) is 1.91. The first-order valence-electron chi connectivity index (χ1n) is 5.13. The Labute approximate surface area is 94.1 Å². The van der Waals surface area contributed by atoms with Crippen molar-refractivity contribution in [2.45, 2.75) is 26.1 Å². The van der Waals surface area contributed by atoms with E-state index >= 15 is 0 Å². The summed E-state index contributed by atoms with van der Waals surface area (Å²) in [7, 11) is -0.345. The molecule has 0 aromatic rings. The lowest BCUT2D eigenvalue weighted by Crippen LogP contribution is -2.43. The topological polar surface area (TPSA) is 40.5 Å². The van der Waals surface area contributed by atoms with Gasteiger partial charge >= 0.3 is 7.05 Å². The molecule has 14 heavy (non-hydrogen) atoms. The number of rotatable bonds is 4. The van der Waals surface area contributed by atoms with E-state index in [9.17, 15) is 9.82 Å². The Hall–Kier alpha value is 0.135. The van der Waals surface area contributed by atoms with Crippen LogP contribution in [0.2, 0.25) is 6.82 Å². The Morgan fingerprint density at radius 1 is 1.57 bits per heavy atom. The summed E-state index contributed by atoms with van der Waals surface area (Å²) in [5.74, 6) is 0.815. The normalized spacial score (nSPS) is 19.6. The molecular weight excluding hydrogens is 245 g/mol. The SMILES string of the molecule is CB(O)N1CCC(CC(=O)CBr)CC1. The number of halogens is 1. The van der Waals surface area contributed by atoms with Gasteiger partial charge in [-0.2, -0.15) is 0 Å². The zero-order valence-electron chi connectivity index (χ0n) is 8.58. The minimum atomic E-state index is -0.345. The van der Waals surface area contributed by atoms with Crippen molar-refractivity contribution in [3.63, 3.8) is 0 Å². The molecule has 0 bridgehead atoms. The summed E-state index contributed by atoms with van der Waals surface area (Å²) in [6, 6.07) is 0. The summed E-state index contributed by atoms with van der Waals surface area (Å²) in [5.41, 5.74) is 0. The molecule has 80 valence electrons. The Kier molecular flexibility index (Phi) is 5.13. The van der Waals surface area contributed by atoms with Gasteiger partial charge in [0.15, 0.2) is 0 Å². The molecule has 0 unspecified atom stereocenters. The Balaban J connectivity index is 2.25. The highest BCUT2D eigenvalue weighted by Crippen LogP contribution is 2.21. The number of alkyl halides is 1. The maximum Gasteiger partial charge on any atom is 0.376 e. The van der Waals surface area contributed by atoms with E-state index in [2.05, 4.69) is 20.7 Å². The highest BCUT2D eigenvalue weighted by atomic mass is 79.9. The summed E-state index contributed by atoms with van der Waals surface area (Å²) < 4.78 is 0. The lowest BCUT2D eigenvalue weighted by atomic mass is 9.80. The van der Waals surface area contributed by atoms with E-state index in [-0.39, 0.29) is 7.05 Å². The van der Waals surface area contributed by atoms with E-state index in [0.717, 1.165) is 25.9 Å². The first-order chi connectivity index (χ1) is 6.63. The van der Waals surface area contributed by atoms with Crippen LogP contribution in [0.3, 0.4) is 0 Å². The second-order valence-electron chi connectivity index (χ2n) is 3.99. The fourth-order valence-corrected chi connectivity index (χ4v) is 2.14. The van der Waals surface area contributed by atoms with Gasteiger partial charge in [-0.15, -0.1) is 0 Å². The van der Waals surface area contributed by atoms with Crippen LogP contribution in [0.25, 0.3) is 0 Å². The van der Waals surface area contributed by atoms with Crippen molar-refractivity contribution < 1.29 is 9.82 Å². The summed E-state index contributed by atoms with van der Waals surface area (Å²) in [5, 5.41) is 9.82. The highest BCUT2D eigenvalue weighted by molar-refractivity contribution is 9.09. The van der Waals surface area contributed by atoms with Crippen LogP contribution < -0.4 is 0 Å². The van der Waals surface area contributed by atoms with E-state index in [0.29, 0.717) is 23.5 Å². The predicted octanol–water partition coefficient (Wildman–Crippen LogP) is 1.16. The second-order valence-corrected chi connectivity index (χ2v) is 4.55. The Bertz CT molecular complexity index is 193. The lowest BCUT2D eigenvalue weighted by molar-refractivity contribution is -0.117.